The van der Waals surface area contributed by atoms with Crippen LogP contribution in [0.15, 0.2) is 0 Å². The third kappa shape index (κ3) is 12.1. The fourth-order valence-corrected chi connectivity index (χ4v) is 0. The first-order chi connectivity index (χ1) is 5.29. The lowest BCUT2D eigenvalue weighted by atomic mass is 10.8. The van der Waals surface area contributed by atoms with E-state index >= 15 is 0 Å². The predicted octanol–water partition coefficient (Wildman–Crippen LogP) is 3.03. The molecular formula is C4H4F8. The van der Waals surface area contributed by atoms with E-state index in [1.165, 1.54) is 0 Å². The SMILES string of the molecule is FC(F)C(F)F.FC(F)C(F)F. The zero-order valence-electron chi connectivity index (χ0n) is 5.33. The van der Waals surface area contributed by atoms with Crippen molar-refractivity contribution >= 4 is 0 Å². The van der Waals surface area contributed by atoms with E-state index in [9.17, 15) is 35.1 Å². The van der Waals surface area contributed by atoms with Gasteiger partial charge in [-0.15, -0.1) is 0 Å². The first-order valence-corrected chi connectivity index (χ1v) is 2.41. The zero-order chi connectivity index (χ0) is 10.3. The minimum Gasteiger partial charge on any atom is -0.204 e. The Kier molecular flexibility index (Phi) is 8.29. The third-order valence-corrected chi connectivity index (χ3v) is 0.381. The summed E-state index contributed by atoms with van der Waals surface area (Å²) in [6, 6.07) is 0. The molecule has 0 unspecified atom stereocenters. The lowest BCUT2D eigenvalue weighted by Gasteiger charge is -1.89. The number of hydrogen-bond donors (Lipinski definition) is 0. The van der Waals surface area contributed by atoms with Crippen LogP contribution in [0.3, 0.4) is 0 Å². The second-order valence-corrected chi connectivity index (χ2v) is 1.34. The fraction of sp³-hybridized carbons (Fsp3) is 1.00. The van der Waals surface area contributed by atoms with Crippen LogP contribution >= 0.6 is 0 Å². The molecule has 0 radical (unpaired) electrons. The maximum Gasteiger partial charge on any atom is 0.298 e. The van der Waals surface area contributed by atoms with Crippen molar-refractivity contribution in [1.29, 1.82) is 0 Å². The molecule has 0 aliphatic carbocycles. The fourth-order valence-electron chi connectivity index (χ4n) is 0. The summed E-state index contributed by atoms with van der Waals surface area (Å²) >= 11 is 0. The van der Waals surface area contributed by atoms with E-state index < -0.39 is 25.7 Å². The van der Waals surface area contributed by atoms with Gasteiger partial charge in [-0.1, -0.05) is 0 Å². The van der Waals surface area contributed by atoms with Crippen molar-refractivity contribution < 1.29 is 35.1 Å². The quantitative estimate of drug-likeness (QED) is 0.606. The Morgan fingerprint density at radius 3 is 0.417 bits per heavy atom. The summed E-state index contributed by atoms with van der Waals surface area (Å²) in [6.45, 7) is 0. The highest BCUT2D eigenvalue weighted by atomic mass is 19.3. The molecule has 0 atom stereocenters. The van der Waals surface area contributed by atoms with E-state index in [1.54, 1.807) is 0 Å². The minimum absolute atomic E-state index is 3.48. The number of hydrogen-bond acceptors (Lipinski definition) is 0. The van der Waals surface area contributed by atoms with E-state index in [2.05, 4.69) is 0 Å². The second-order valence-electron chi connectivity index (χ2n) is 1.34. The van der Waals surface area contributed by atoms with Gasteiger partial charge in [0.1, 0.15) is 0 Å². The van der Waals surface area contributed by atoms with Gasteiger partial charge in [0, 0.05) is 0 Å². The molecule has 0 saturated carbocycles. The van der Waals surface area contributed by atoms with Crippen molar-refractivity contribution in [2.24, 2.45) is 0 Å². The summed E-state index contributed by atoms with van der Waals surface area (Å²) in [5, 5.41) is 0. The Morgan fingerprint density at radius 1 is 0.333 bits per heavy atom. The molecule has 0 amide bonds. The highest BCUT2D eigenvalue weighted by Crippen LogP contribution is 2.04. The largest absolute Gasteiger partial charge is 0.298 e. The van der Waals surface area contributed by atoms with E-state index in [1.807, 2.05) is 0 Å². The lowest BCUT2D eigenvalue weighted by molar-refractivity contribution is -0.0278. The van der Waals surface area contributed by atoms with Crippen LogP contribution in [0.5, 0.6) is 0 Å². The van der Waals surface area contributed by atoms with Crippen LogP contribution in [0.1, 0.15) is 0 Å². The van der Waals surface area contributed by atoms with Crippen LogP contribution in [0.2, 0.25) is 0 Å². The second kappa shape index (κ2) is 7.11. The van der Waals surface area contributed by atoms with Gasteiger partial charge in [0.15, 0.2) is 0 Å². The highest BCUT2D eigenvalue weighted by molar-refractivity contribution is 4.35. The molecule has 8 heteroatoms. The van der Waals surface area contributed by atoms with Gasteiger partial charge in [0.2, 0.25) is 0 Å². The van der Waals surface area contributed by atoms with Gasteiger partial charge in [-0.25, -0.2) is 35.1 Å². The van der Waals surface area contributed by atoms with Crippen LogP contribution in [-0.2, 0) is 0 Å². The molecule has 0 aromatic rings. The molecule has 0 aliphatic rings. The van der Waals surface area contributed by atoms with Gasteiger partial charge in [0.25, 0.3) is 25.7 Å². The van der Waals surface area contributed by atoms with Gasteiger partial charge in [-0.05, 0) is 0 Å². The van der Waals surface area contributed by atoms with Crippen LogP contribution < -0.4 is 0 Å². The van der Waals surface area contributed by atoms with Gasteiger partial charge < -0.3 is 0 Å². The highest BCUT2D eigenvalue weighted by Gasteiger charge is 2.16. The monoisotopic (exact) mass is 204 g/mol. The normalized spacial score (nSPS) is 11.0. The molecule has 0 bridgehead atoms. The van der Waals surface area contributed by atoms with E-state index in [0.717, 1.165) is 0 Å². The zero-order valence-corrected chi connectivity index (χ0v) is 5.33. The molecule has 0 heterocycles. The standard InChI is InChI=1S/2C2H2F4/c2*3-1(4)2(5)6/h2*1-2H. The molecule has 76 valence electrons. The first kappa shape index (κ1) is 14.0. The van der Waals surface area contributed by atoms with Crippen LogP contribution in [-0.4, -0.2) is 25.7 Å². The smallest absolute Gasteiger partial charge is 0.204 e. The van der Waals surface area contributed by atoms with Gasteiger partial charge in [0.05, 0.1) is 0 Å². The van der Waals surface area contributed by atoms with Crippen LogP contribution in [0.25, 0.3) is 0 Å². The van der Waals surface area contributed by atoms with Crippen molar-refractivity contribution in [3.05, 3.63) is 0 Å². The van der Waals surface area contributed by atoms with E-state index in [-0.39, 0.29) is 0 Å². The van der Waals surface area contributed by atoms with Gasteiger partial charge in [-0.3, -0.25) is 0 Å². The topological polar surface area (TPSA) is 0 Å². The summed E-state index contributed by atoms with van der Waals surface area (Å²) in [7, 11) is 0. The van der Waals surface area contributed by atoms with Crippen molar-refractivity contribution in [1.82, 2.24) is 0 Å². The van der Waals surface area contributed by atoms with Crippen LogP contribution in [0, 0.1) is 0 Å². The summed E-state index contributed by atoms with van der Waals surface area (Å²) in [5.74, 6) is 0. The average Bonchev–Trinajstić information content (AvgIpc) is 1.88. The van der Waals surface area contributed by atoms with Crippen molar-refractivity contribution in [2.75, 3.05) is 0 Å². The Bertz CT molecular complexity index is 65.1. The van der Waals surface area contributed by atoms with E-state index in [0.29, 0.717) is 0 Å². The van der Waals surface area contributed by atoms with Crippen LogP contribution in [0.4, 0.5) is 35.1 Å². The maximum atomic E-state index is 10.4. The van der Waals surface area contributed by atoms with Crippen molar-refractivity contribution in [3.63, 3.8) is 0 Å². The van der Waals surface area contributed by atoms with Crippen molar-refractivity contribution in [3.8, 4) is 0 Å². The number of alkyl halides is 8. The molecule has 0 rings (SSSR count). The number of rotatable bonds is 2. The maximum absolute atomic E-state index is 10.4. The molecule has 0 aliphatic heterocycles. The minimum atomic E-state index is -3.48. The summed E-state index contributed by atoms with van der Waals surface area (Å²) in [6.07, 6.45) is -13.9. The van der Waals surface area contributed by atoms with Gasteiger partial charge in [-0.2, -0.15) is 0 Å². The molecular weight excluding hydrogens is 200 g/mol. The Balaban J connectivity index is 0. The molecule has 0 aromatic heterocycles. The average molecular weight is 204 g/mol. The van der Waals surface area contributed by atoms with Gasteiger partial charge >= 0.3 is 0 Å². The lowest BCUT2D eigenvalue weighted by Crippen LogP contribution is -2.02. The molecule has 12 heavy (non-hydrogen) atoms. The molecule has 0 fully saturated rings. The Labute approximate surface area is 62.2 Å². The molecule has 0 saturated heterocycles. The third-order valence-electron chi connectivity index (χ3n) is 0.381. The summed E-state index contributed by atoms with van der Waals surface area (Å²) in [4.78, 5) is 0. The Morgan fingerprint density at radius 2 is 0.417 bits per heavy atom. The number of halogens is 8. The molecule has 0 aromatic carbocycles. The molecule has 0 nitrogen and oxygen atoms in total. The first-order valence-electron chi connectivity index (χ1n) is 2.41. The summed E-state index contributed by atoms with van der Waals surface area (Å²) in [5.41, 5.74) is 0. The van der Waals surface area contributed by atoms with E-state index in [4.69, 9.17) is 0 Å². The van der Waals surface area contributed by atoms with Crippen molar-refractivity contribution in [2.45, 2.75) is 25.7 Å². The molecule has 0 N–H and O–H groups in total. The molecule has 0 spiro atoms. The summed E-state index contributed by atoms with van der Waals surface area (Å²) < 4.78 is 83.3. The Hall–Kier alpha value is -0.560. The predicted molar refractivity (Wildman–Crippen MR) is 24.0 cm³/mol.